The Bertz CT molecular complexity index is 955. The largest absolute Gasteiger partial charge is 0.324 e. The quantitative estimate of drug-likeness (QED) is 0.687. The van der Waals surface area contributed by atoms with Crippen molar-refractivity contribution in [1.29, 1.82) is 0 Å². The average Bonchev–Trinajstić information content (AvgIpc) is 2.60. The van der Waals surface area contributed by atoms with E-state index in [9.17, 15) is 13.6 Å². The Morgan fingerprint density at radius 3 is 2.72 bits per heavy atom. The summed E-state index contributed by atoms with van der Waals surface area (Å²) in [6.07, 6.45) is 4.55. The van der Waals surface area contributed by atoms with Crippen molar-refractivity contribution in [3.8, 4) is 0 Å². The molecular formula is C18H18F2N4O. The van der Waals surface area contributed by atoms with Crippen molar-refractivity contribution < 1.29 is 8.78 Å². The van der Waals surface area contributed by atoms with Crippen LogP contribution in [0.4, 0.5) is 20.4 Å². The first kappa shape index (κ1) is 17.0. The molecule has 130 valence electrons. The summed E-state index contributed by atoms with van der Waals surface area (Å²) in [5.74, 6) is -1.66. The van der Waals surface area contributed by atoms with Crippen LogP contribution < -0.4 is 10.9 Å². The van der Waals surface area contributed by atoms with E-state index in [1.54, 1.807) is 16.8 Å². The molecule has 2 aromatic heterocycles. The zero-order valence-electron chi connectivity index (χ0n) is 13.8. The van der Waals surface area contributed by atoms with E-state index in [0.29, 0.717) is 17.9 Å². The lowest BCUT2D eigenvalue weighted by Gasteiger charge is -2.11. The van der Waals surface area contributed by atoms with E-state index >= 15 is 0 Å². The Balaban J connectivity index is 1.95. The normalized spacial score (nSPS) is 11.0. The van der Waals surface area contributed by atoms with Crippen molar-refractivity contribution in [3.05, 3.63) is 58.5 Å². The average molecular weight is 344 g/mol. The van der Waals surface area contributed by atoms with Crippen LogP contribution in [0.5, 0.6) is 0 Å². The molecule has 0 aliphatic carbocycles. The smallest absolute Gasteiger partial charge is 0.252 e. The summed E-state index contributed by atoms with van der Waals surface area (Å²) >= 11 is 0. The van der Waals surface area contributed by atoms with Gasteiger partial charge in [0, 0.05) is 35.9 Å². The SMILES string of the molecule is CCCCCn1c(=O)ccc2cnc(Nc3ccc(F)c(F)c3)nc21. The van der Waals surface area contributed by atoms with Gasteiger partial charge in [0.15, 0.2) is 11.6 Å². The summed E-state index contributed by atoms with van der Waals surface area (Å²) in [5.41, 5.74) is 0.721. The van der Waals surface area contributed by atoms with E-state index < -0.39 is 11.6 Å². The predicted octanol–water partition coefficient (Wildman–Crippen LogP) is 4.00. The highest BCUT2D eigenvalue weighted by atomic mass is 19.2. The highest BCUT2D eigenvalue weighted by Gasteiger charge is 2.08. The molecule has 0 aliphatic heterocycles. The van der Waals surface area contributed by atoms with Crippen LogP contribution in [0.3, 0.4) is 0 Å². The van der Waals surface area contributed by atoms with Gasteiger partial charge in [-0.1, -0.05) is 19.8 Å². The van der Waals surface area contributed by atoms with Gasteiger partial charge in [-0.2, -0.15) is 4.98 Å². The standard InChI is InChI=1S/C18H18F2N4O/c1-2-3-4-9-24-16(25)8-5-12-11-21-18(23-17(12)24)22-13-6-7-14(19)15(20)10-13/h5-8,10-11H,2-4,9H2,1H3,(H,21,22,23). The maximum Gasteiger partial charge on any atom is 0.252 e. The van der Waals surface area contributed by atoms with Crippen molar-refractivity contribution in [2.45, 2.75) is 32.7 Å². The molecule has 0 atom stereocenters. The number of fused-ring (bicyclic) bond motifs is 1. The monoisotopic (exact) mass is 344 g/mol. The summed E-state index contributed by atoms with van der Waals surface area (Å²) in [6, 6.07) is 6.63. The van der Waals surface area contributed by atoms with Gasteiger partial charge >= 0.3 is 0 Å². The molecule has 0 saturated heterocycles. The van der Waals surface area contributed by atoms with E-state index in [2.05, 4.69) is 22.2 Å². The van der Waals surface area contributed by atoms with E-state index in [1.807, 2.05) is 0 Å². The van der Waals surface area contributed by atoms with Crippen LogP contribution in [0.1, 0.15) is 26.2 Å². The fourth-order valence-electron chi connectivity index (χ4n) is 2.57. The zero-order valence-corrected chi connectivity index (χ0v) is 13.8. The number of pyridine rings is 1. The van der Waals surface area contributed by atoms with Crippen molar-refractivity contribution in [2.75, 3.05) is 5.32 Å². The van der Waals surface area contributed by atoms with Crippen LogP contribution >= 0.6 is 0 Å². The third-order valence-corrected chi connectivity index (χ3v) is 3.88. The van der Waals surface area contributed by atoms with Gasteiger partial charge in [-0.15, -0.1) is 0 Å². The summed E-state index contributed by atoms with van der Waals surface area (Å²) in [6.45, 7) is 2.67. The number of nitrogens with zero attached hydrogens (tertiary/aromatic N) is 3. The van der Waals surface area contributed by atoms with E-state index in [-0.39, 0.29) is 11.5 Å². The molecule has 0 radical (unpaired) electrons. The summed E-state index contributed by atoms with van der Waals surface area (Å²) in [7, 11) is 0. The van der Waals surface area contributed by atoms with Gasteiger partial charge in [0.05, 0.1) is 0 Å². The molecule has 0 amide bonds. The van der Waals surface area contributed by atoms with Gasteiger partial charge in [-0.05, 0) is 24.6 Å². The summed E-state index contributed by atoms with van der Waals surface area (Å²) < 4.78 is 28.0. The number of nitrogens with one attached hydrogen (secondary N) is 1. The van der Waals surface area contributed by atoms with Crippen LogP contribution in [-0.4, -0.2) is 14.5 Å². The third-order valence-electron chi connectivity index (χ3n) is 3.88. The molecule has 0 spiro atoms. The topological polar surface area (TPSA) is 59.8 Å². The Morgan fingerprint density at radius 1 is 1.12 bits per heavy atom. The van der Waals surface area contributed by atoms with Crippen LogP contribution in [-0.2, 0) is 6.54 Å². The Hall–Kier alpha value is -2.83. The van der Waals surface area contributed by atoms with Crippen LogP contribution in [0, 0.1) is 11.6 Å². The van der Waals surface area contributed by atoms with Gasteiger partial charge in [-0.3, -0.25) is 9.36 Å². The van der Waals surface area contributed by atoms with Crippen LogP contribution in [0.15, 0.2) is 41.3 Å². The van der Waals surface area contributed by atoms with E-state index in [4.69, 9.17) is 0 Å². The van der Waals surface area contributed by atoms with Crippen molar-refractivity contribution in [3.63, 3.8) is 0 Å². The Kier molecular flexibility index (Phi) is 5.02. The lowest BCUT2D eigenvalue weighted by Crippen LogP contribution is -2.20. The maximum absolute atomic E-state index is 13.3. The van der Waals surface area contributed by atoms with Crippen molar-refractivity contribution >= 4 is 22.7 Å². The fraction of sp³-hybridized carbons (Fsp3) is 0.278. The van der Waals surface area contributed by atoms with Crippen LogP contribution in [0.25, 0.3) is 11.0 Å². The number of unbranched alkanes of at least 4 members (excludes halogenated alkanes) is 2. The molecule has 0 aliphatic rings. The molecule has 25 heavy (non-hydrogen) atoms. The summed E-state index contributed by atoms with van der Waals surface area (Å²) in [4.78, 5) is 20.7. The van der Waals surface area contributed by atoms with Crippen molar-refractivity contribution in [2.24, 2.45) is 0 Å². The lowest BCUT2D eigenvalue weighted by molar-refractivity contribution is 0.509. The molecule has 2 heterocycles. The van der Waals surface area contributed by atoms with Gasteiger partial charge < -0.3 is 5.32 Å². The molecule has 7 heteroatoms. The third kappa shape index (κ3) is 3.81. The lowest BCUT2D eigenvalue weighted by atomic mass is 10.2. The predicted molar refractivity (Wildman–Crippen MR) is 93.0 cm³/mol. The number of halogens is 2. The minimum absolute atomic E-state index is 0.124. The highest BCUT2D eigenvalue weighted by molar-refractivity contribution is 5.75. The number of rotatable bonds is 6. The molecule has 1 N–H and O–H groups in total. The molecule has 3 aromatic rings. The zero-order chi connectivity index (χ0) is 17.8. The Morgan fingerprint density at radius 2 is 1.96 bits per heavy atom. The molecule has 0 fully saturated rings. The molecule has 3 rings (SSSR count). The Labute approximate surface area is 143 Å². The van der Waals surface area contributed by atoms with Gasteiger partial charge in [0.25, 0.3) is 5.56 Å². The summed E-state index contributed by atoms with van der Waals surface area (Å²) in [5, 5.41) is 3.58. The van der Waals surface area contributed by atoms with Gasteiger partial charge in [-0.25, -0.2) is 13.8 Å². The first-order chi connectivity index (χ1) is 12.1. The number of hydrogen-bond acceptors (Lipinski definition) is 4. The molecule has 5 nitrogen and oxygen atoms in total. The molecule has 0 bridgehead atoms. The number of benzene rings is 1. The molecular weight excluding hydrogens is 326 g/mol. The number of hydrogen-bond donors (Lipinski definition) is 1. The number of aryl methyl sites for hydroxylation is 1. The second kappa shape index (κ2) is 7.38. The number of anilines is 2. The molecule has 0 saturated carbocycles. The van der Waals surface area contributed by atoms with Gasteiger partial charge in [0.1, 0.15) is 5.65 Å². The first-order valence-electron chi connectivity index (χ1n) is 8.17. The maximum atomic E-state index is 13.3. The minimum Gasteiger partial charge on any atom is -0.324 e. The van der Waals surface area contributed by atoms with Crippen LogP contribution in [0.2, 0.25) is 0 Å². The fourth-order valence-corrected chi connectivity index (χ4v) is 2.57. The molecule has 1 aromatic carbocycles. The minimum atomic E-state index is -0.956. The second-order valence-electron chi connectivity index (χ2n) is 5.76. The van der Waals surface area contributed by atoms with E-state index in [1.165, 1.54) is 12.1 Å². The number of aromatic nitrogens is 3. The first-order valence-corrected chi connectivity index (χ1v) is 8.17. The van der Waals surface area contributed by atoms with Gasteiger partial charge in [0.2, 0.25) is 5.95 Å². The van der Waals surface area contributed by atoms with E-state index in [0.717, 1.165) is 36.8 Å². The highest BCUT2D eigenvalue weighted by Crippen LogP contribution is 2.18. The second-order valence-corrected chi connectivity index (χ2v) is 5.76. The van der Waals surface area contributed by atoms with Crippen molar-refractivity contribution in [1.82, 2.24) is 14.5 Å². The molecule has 0 unspecified atom stereocenters.